The van der Waals surface area contributed by atoms with Crippen LogP contribution in [0.5, 0.6) is 0 Å². The summed E-state index contributed by atoms with van der Waals surface area (Å²) in [6, 6.07) is 0. The van der Waals surface area contributed by atoms with Gasteiger partial charge in [-0.1, -0.05) is 30.7 Å². The number of esters is 1. The zero-order chi connectivity index (χ0) is 15.1. The van der Waals surface area contributed by atoms with Crippen molar-refractivity contribution in [2.24, 2.45) is 0 Å². The summed E-state index contributed by atoms with van der Waals surface area (Å²) < 4.78 is 17.1. The topological polar surface area (TPSA) is 44.8 Å². The van der Waals surface area contributed by atoms with Gasteiger partial charge in [-0.25, -0.2) is 0 Å². The molecule has 0 unspecified atom stereocenters. The fourth-order valence-corrected chi connectivity index (χ4v) is 3.10. The highest BCUT2D eigenvalue weighted by molar-refractivity contribution is 5.69. The van der Waals surface area contributed by atoms with Crippen molar-refractivity contribution >= 4 is 5.97 Å². The minimum Gasteiger partial charge on any atom is -0.469 e. The Hall–Kier alpha value is -1.13. The molecule has 0 aromatic heterocycles. The molecule has 0 N–H and O–H groups in total. The number of carbonyl (C=O) groups excluding carboxylic acids is 1. The molecule has 1 saturated heterocycles. The Balaban J connectivity index is 2.06. The van der Waals surface area contributed by atoms with Crippen LogP contribution in [0.25, 0.3) is 0 Å². The van der Waals surface area contributed by atoms with Gasteiger partial charge in [-0.3, -0.25) is 4.79 Å². The Morgan fingerprint density at radius 1 is 1.24 bits per heavy atom. The number of hydrogen-bond donors (Lipinski definition) is 0. The van der Waals surface area contributed by atoms with E-state index in [0.717, 1.165) is 25.7 Å². The first-order chi connectivity index (χ1) is 10.2. The molecule has 0 bridgehead atoms. The zero-order valence-corrected chi connectivity index (χ0v) is 13.0. The maximum atomic E-state index is 11.5. The number of methoxy groups -OCH3 is 1. The molecule has 0 aromatic rings. The molecule has 1 spiro atoms. The molecule has 0 aromatic carbocycles. The average molecular weight is 294 g/mol. The highest BCUT2D eigenvalue weighted by Gasteiger charge is 2.43. The summed E-state index contributed by atoms with van der Waals surface area (Å²) >= 11 is 0. The van der Waals surface area contributed by atoms with Crippen molar-refractivity contribution in [1.29, 1.82) is 0 Å². The molecule has 2 aliphatic rings. The van der Waals surface area contributed by atoms with Crippen molar-refractivity contribution in [2.75, 3.05) is 7.11 Å². The number of hydrogen-bond acceptors (Lipinski definition) is 4. The predicted molar refractivity (Wildman–Crippen MR) is 80.8 cm³/mol. The lowest BCUT2D eigenvalue weighted by Crippen LogP contribution is -2.49. The quantitative estimate of drug-likeness (QED) is 0.588. The second kappa shape index (κ2) is 7.76. The Morgan fingerprint density at radius 3 is 2.67 bits per heavy atom. The van der Waals surface area contributed by atoms with E-state index in [1.54, 1.807) is 0 Å². The van der Waals surface area contributed by atoms with Crippen molar-refractivity contribution in [2.45, 2.75) is 69.9 Å². The van der Waals surface area contributed by atoms with Crippen LogP contribution in [-0.4, -0.2) is 31.1 Å². The molecule has 21 heavy (non-hydrogen) atoms. The van der Waals surface area contributed by atoms with Crippen LogP contribution >= 0.6 is 0 Å². The lowest BCUT2D eigenvalue weighted by atomic mass is 9.91. The van der Waals surface area contributed by atoms with Gasteiger partial charge < -0.3 is 14.2 Å². The van der Waals surface area contributed by atoms with Crippen molar-refractivity contribution in [3.05, 3.63) is 24.3 Å². The normalized spacial score (nSPS) is 29.2. The SMILES string of the molecule is CC=CC=C[C@@H]1C[C@H](CC(=O)OC)OC2(CCCCC2)O1. The first-order valence-electron chi connectivity index (χ1n) is 7.89. The summed E-state index contributed by atoms with van der Waals surface area (Å²) in [5, 5.41) is 0. The zero-order valence-electron chi connectivity index (χ0n) is 13.0. The minimum atomic E-state index is -0.500. The lowest BCUT2D eigenvalue weighted by Gasteiger charge is -2.46. The number of carbonyl (C=O) groups is 1. The van der Waals surface area contributed by atoms with Gasteiger partial charge >= 0.3 is 5.97 Å². The summed E-state index contributed by atoms with van der Waals surface area (Å²) in [5.74, 6) is -0.718. The van der Waals surface area contributed by atoms with Gasteiger partial charge in [0.2, 0.25) is 0 Å². The highest BCUT2D eigenvalue weighted by atomic mass is 16.7. The summed E-state index contributed by atoms with van der Waals surface area (Å²) in [6.45, 7) is 1.98. The van der Waals surface area contributed by atoms with Crippen molar-refractivity contribution in [3.63, 3.8) is 0 Å². The molecule has 1 aliphatic heterocycles. The molecule has 0 amide bonds. The molecule has 1 heterocycles. The number of ether oxygens (including phenoxy) is 3. The van der Waals surface area contributed by atoms with Crippen LogP contribution in [0.3, 0.4) is 0 Å². The van der Waals surface area contributed by atoms with Gasteiger partial charge in [0.05, 0.1) is 25.7 Å². The standard InChI is InChI=1S/C17H26O4/c1-3-4-6-9-14-12-15(13-16(18)19-2)21-17(20-14)10-7-5-8-11-17/h3-4,6,9,14-15H,5,7-8,10-13H2,1-2H3/t14-,15-/m1/s1. The van der Waals surface area contributed by atoms with E-state index in [0.29, 0.717) is 12.8 Å². The van der Waals surface area contributed by atoms with E-state index in [-0.39, 0.29) is 18.2 Å². The summed E-state index contributed by atoms with van der Waals surface area (Å²) in [4.78, 5) is 11.5. The average Bonchev–Trinajstić information content (AvgIpc) is 2.47. The molecule has 2 fully saturated rings. The Labute approximate surface area is 127 Å². The molecular weight excluding hydrogens is 268 g/mol. The van der Waals surface area contributed by atoms with Crippen molar-refractivity contribution < 1.29 is 19.0 Å². The van der Waals surface area contributed by atoms with Crippen LogP contribution in [-0.2, 0) is 19.0 Å². The molecule has 118 valence electrons. The van der Waals surface area contributed by atoms with Gasteiger partial charge in [-0.05, 0) is 19.8 Å². The number of allylic oxidation sites excluding steroid dienone is 3. The monoisotopic (exact) mass is 294 g/mol. The fraction of sp³-hybridized carbons (Fsp3) is 0.706. The molecule has 2 atom stereocenters. The first-order valence-corrected chi connectivity index (χ1v) is 7.89. The van der Waals surface area contributed by atoms with Crippen LogP contribution in [0.4, 0.5) is 0 Å². The number of rotatable bonds is 4. The molecule has 1 saturated carbocycles. The van der Waals surface area contributed by atoms with E-state index in [4.69, 9.17) is 14.2 Å². The molecule has 2 rings (SSSR count). The smallest absolute Gasteiger partial charge is 0.308 e. The maximum Gasteiger partial charge on any atom is 0.308 e. The molecule has 1 aliphatic carbocycles. The first kappa shape index (κ1) is 16.2. The van der Waals surface area contributed by atoms with Gasteiger partial charge in [0, 0.05) is 19.3 Å². The highest BCUT2D eigenvalue weighted by Crippen LogP contribution is 2.40. The third kappa shape index (κ3) is 4.68. The van der Waals surface area contributed by atoms with Gasteiger partial charge in [-0.15, -0.1) is 0 Å². The second-order valence-corrected chi connectivity index (χ2v) is 5.79. The van der Waals surface area contributed by atoms with Gasteiger partial charge in [0.25, 0.3) is 0 Å². The van der Waals surface area contributed by atoms with Crippen LogP contribution in [0.1, 0.15) is 51.9 Å². The van der Waals surface area contributed by atoms with Crippen LogP contribution in [0.2, 0.25) is 0 Å². The van der Waals surface area contributed by atoms with E-state index in [2.05, 4.69) is 6.08 Å². The summed E-state index contributed by atoms with van der Waals surface area (Å²) in [6.07, 6.45) is 14.2. The van der Waals surface area contributed by atoms with Gasteiger partial charge in [0.1, 0.15) is 0 Å². The van der Waals surface area contributed by atoms with Crippen molar-refractivity contribution in [3.8, 4) is 0 Å². The summed E-state index contributed by atoms with van der Waals surface area (Å²) in [7, 11) is 1.42. The van der Waals surface area contributed by atoms with Gasteiger partial charge in [-0.2, -0.15) is 0 Å². The van der Waals surface area contributed by atoms with Crippen LogP contribution in [0, 0.1) is 0 Å². The van der Waals surface area contributed by atoms with E-state index < -0.39 is 5.79 Å². The third-order valence-electron chi connectivity index (χ3n) is 4.11. The third-order valence-corrected chi connectivity index (χ3v) is 4.11. The maximum absolute atomic E-state index is 11.5. The molecule has 0 radical (unpaired) electrons. The summed E-state index contributed by atoms with van der Waals surface area (Å²) in [5.41, 5.74) is 0. The van der Waals surface area contributed by atoms with Crippen LogP contribution < -0.4 is 0 Å². The molecule has 4 heteroatoms. The largest absolute Gasteiger partial charge is 0.469 e. The van der Waals surface area contributed by atoms with E-state index in [9.17, 15) is 4.79 Å². The fourth-order valence-electron chi connectivity index (χ4n) is 3.10. The van der Waals surface area contributed by atoms with Crippen molar-refractivity contribution in [1.82, 2.24) is 0 Å². The van der Waals surface area contributed by atoms with E-state index in [1.807, 2.05) is 25.2 Å². The molecule has 4 nitrogen and oxygen atoms in total. The Kier molecular flexibility index (Phi) is 6.00. The van der Waals surface area contributed by atoms with Gasteiger partial charge in [0.15, 0.2) is 5.79 Å². The predicted octanol–water partition coefficient (Wildman–Crippen LogP) is 3.52. The Morgan fingerprint density at radius 2 is 2.00 bits per heavy atom. The van der Waals surface area contributed by atoms with E-state index in [1.165, 1.54) is 13.5 Å². The van der Waals surface area contributed by atoms with Crippen LogP contribution in [0.15, 0.2) is 24.3 Å². The molecular formula is C17H26O4. The Bertz CT molecular complexity index is 394. The second-order valence-electron chi connectivity index (χ2n) is 5.79. The minimum absolute atomic E-state index is 0.00251. The lowest BCUT2D eigenvalue weighted by molar-refractivity contribution is -0.320. The van der Waals surface area contributed by atoms with E-state index >= 15 is 0 Å².